The molecule has 0 unspecified atom stereocenters. The number of aliphatic carboxylic acids is 1. The van der Waals surface area contributed by atoms with Crippen LogP contribution in [0.4, 0.5) is 4.79 Å². The van der Waals surface area contributed by atoms with Gasteiger partial charge in [0.2, 0.25) is 0 Å². The van der Waals surface area contributed by atoms with E-state index in [9.17, 15) is 9.59 Å². The van der Waals surface area contributed by atoms with Crippen molar-refractivity contribution in [3.63, 3.8) is 0 Å². The summed E-state index contributed by atoms with van der Waals surface area (Å²) in [5.41, 5.74) is 0. The van der Waals surface area contributed by atoms with E-state index in [0.717, 1.165) is 13.1 Å². The highest BCUT2D eigenvalue weighted by Gasteiger charge is 2.34. The first-order chi connectivity index (χ1) is 9.29. The number of carbonyl (C=O) groups is 2. The van der Waals surface area contributed by atoms with Crippen molar-refractivity contribution in [1.82, 2.24) is 14.7 Å². The number of rotatable bonds is 7. The third kappa shape index (κ3) is 5.36. The minimum atomic E-state index is -0.784. The predicted molar refractivity (Wildman–Crippen MR) is 77.7 cm³/mol. The highest BCUT2D eigenvalue weighted by molar-refractivity contribution is 5.76. The molecule has 0 aromatic rings. The molecule has 0 saturated carbocycles. The zero-order valence-electron chi connectivity index (χ0n) is 13.0. The lowest BCUT2D eigenvalue weighted by Crippen LogP contribution is -2.56. The van der Waals surface area contributed by atoms with E-state index in [1.807, 2.05) is 19.0 Å². The Kier molecular flexibility index (Phi) is 6.26. The number of likely N-dealkylation sites (N-methyl/N-ethyl adjacent to an activating group) is 1. The molecular formula is C14H27N3O3. The minimum absolute atomic E-state index is 0.0437. The van der Waals surface area contributed by atoms with Gasteiger partial charge in [-0.25, -0.2) is 4.79 Å². The average Bonchev–Trinajstić information content (AvgIpc) is 2.26. The van der Waals surface area contributed by atoms with Crippen LogP contribution < -0.4 is 0 Å². The molecular weight excluding hydrogens is 258 g/mol. The summed E-state index contributed by atoms with van der Waals surface area (Å²) in [6.07, 6.45) is 0.158. The Morgan fingerprint density at radius 1 is 1.25 bits per heavy atom. The number of hydrogen-bond donors (Lipinski definition) is 1. The molecule has 6 nitrogen and oxygen atoms in total. The summed E-state index contributed by atoms with van der Waals surface area (Å²) in [4.78, 5) is 28.7. The van der Waals surface area contributed by atoms with Gasteiger partial charge in [-0.3, -0.25) is 4.79 Å². The third-order valence-corrected chi connectivity index (χ3v) is 3.36. The van der Waals surface area contributed by atoms with E-state index in [1.165, 1.54) is 0 Å². The maximum atomic E-state index is 12.4. The lowest BCUT2D eigenvalue weighted by molar-refractivity contribution is -0.139. The van der Waals surface area contributed by atoms with Gasteiger partial charge in [-0.15, -0.1) is 0 Å². The van der Waals surface area contributed by atoms with Gasteiger partial charge < -0.3 is 19.8 Å². The van der Waals surface area contributed by atoms with Crippen molar-refractivity contribution < 1.29 is 14.7 Å². The standard InChI is InChI=1S/C14H27N3O3/c1-11(2)8-16(6-5-15(3)4)14(20)17-9-12(10-17)7-13(18)19/h11-12H,5-10H2,1-4H3,(H,18,19). The number of urea groups is 1. The van der Waals surface area contributed by atoms with Crippen LogP contribution in [-0.4, -0.2) is 78.6 Å². The van der Waals surface area contributed by atoms with Crippen molar-refractivity contribution >= 4 is 12.0 Å². The summed E-state index contributed by atoms with van der Waals surface area (Å²) in [5.74, 6) is -0.239. The number of amides is 2. The summed E-state index contributed by atoms with van der Waals surface area (Å²) in [6, 6.07) is 0.0437. The Morgan fingerprint density at radius 2 is 1.85 bits per heavy atom. The van der Waals surface area contributed by atoms with Crippen LogP contribution in [0.15, 0.2) is 0 Å². The SMILES string of the molecule is CC(C)CN(CCN(C)C)C(=O)N1CC(CC(=O)O)C1. The van der Waals surface area contributed by atoms with Gasteiger partial charge in [0, 0.05) is 38.6 Å². The maximum absolute atomic E-state index is 12.4. The first-order valence-electron chi connectivity index (χ1n) is 7.20. The molecule has 2 amide bonds. The van der Waals surface area contributed by atoms with Crippen LogP contribution in [-0.2, 0) is 4.79 Å². The zero-order valence-corrected chi connectivity index (χ0v) is 13.0. The van der Waals surface area contributed by atoms with Crippen molar-refractivity contribution in [3.8, 4) is 0 Å². The van der Waals surface area contributed by atoms with E-state index < -0.39 is 5.97 Å². The molecule has 20 heavy (non-hydrogen) atoms. The number of carboxylic acids is 1. The topological polar surface area (TPSA) is 64.1 Å². The van der Waals surface area contributed by atoms with Crippen LogP contribution in [0.2, 0.25) is 0 Å². The number of nitrogens with zero attached hydrogens (tertiary/aromatic N) is 3. The predicted octanol–water partition coefficient (Wildman–Crippen LogP) is 1.03. The summed E-state index contributed by atoms with van der Waals surface area (Å²) in [6.45, 7) is 7.63. The molecule has 1 saturated heterocycles. The smallest absolute Gasteiger partial charge is 0.320 e. The van der Waals surface area contributed by atoms with E-state index in [-0.39, 0.29) is 18.4 Å². The van der Waals surface area contributed by atoms with Gasteiger partial charge in [0.05, 0.1) is 6.42 Å². The lowest BCUT2D eigenvalue weighted by atomic mass is 9.97. The van der Waals surface area contributed by atoms with E-state index >= 15 is 0 Å². The molecule has 1 heterocycles. The van der Waals surface area contributed by atoms with Crippen LogP contribution in [0.5, 0.6) is 0 Å². The summed E-state index contributed by atoms with van der Waals surface area (Å²) >= 11 is 0. The van der Waals surface area contributed by atoms with Crippen LogP contribution in [0.1, 0.15) is 20.3 Å². The van der Waals surface area contributed by atoms with Crippen molar-refractivity contribution in [1.29, 1.82) is 0 Å². The molecule has 0 aromatic carbocycles. The molecule has 0 spiro atoms. The molecule has 0 atom stereocenters. The first kappa shape index (κ1) is 16.8. The first-order valence-corrected chi connectivity index (χ1v) is 7.20. The quantitative estimate of drug-likeness (QED) is 0.759. The van der Waals surface area contributed by atoms with Gasteiger partial charge in [-0.1, -0.05) is 13.8 Å². The summed E-state index contributed by atoms with van der Waals surface area (Å²) in [7, 11) is 3.98. The fraction of sp³-hybridized carbons (Fsp3) is 0.857. The number of carbonyl (C=O) groups excluding carboxylic acids is 1. The highest BCUT2D eigenvalue weighted by Crippen LogP contribution is 2.21. The lowest BCUT2D eigenvalue weighted by Gasteiger charge is -2.42. The molecule has 1 aliphatic heterocycles. The summed E-state index contributed by atoms with van der Waals surface area (Å²) in [5, 5.41) is 8.73. The number of hydrogen-bond acceptors (Lipinski definition) is 3. The molecule has 116 valence electrons. The second kappa shape index (κ2) is 7.47. The second-order valence-electron chi connectivity index (χ2n) is 6.29. The maximum Gasteiger partial charge on any atom is 0.320 e. The van der Waals surface area contributed by atoms with E-state index in [2.05, 4.69) is 18.7 Å². The van der Waals surface area contributed by atoms with Gasteiger partial charge >= 0.3 is 12.0 Å². The molecule has 1 N–H and O–H groups in total. The Labute approximate surface area is 121 Å². The number of likely N-dealkylation sites (tertiary alicyclic amines) is 1. The largest absolute Gasteiger partial charge is 0.481 e. The Bertz CT molecular complexity index is 339. The van der Waals surface area contributed by atoms with Crippen molar-refractivity contribution in [3.05, 3.63) is 0 Å². The summed E-state index contributed by atoms with van der Waals surface area (Å²) < 4.78 is 0. The molecule has 1 fully saturated rings. The monoisotopic (exact) mass is 285 g/mol. The number of carboxylic acid groups (broad SMARTS) is 1. The fourth-order valence-corrected chi connectivity index (χ4v) is 2.33. The van der Waals surface area contributed by atoms with Gasteiger partial charge in [-0.2, -0.15) is 0 Å². The van der Waals surface area contributed by atoms with Gasteiger partial charge in [-0.05, 0) is 20.0 Å². The van der Waals surface area contributed by atoms with Crippen LogP contribution in [0.3, 0.4) is 0 Å². The highest BCUT2D eigenvalue weighted by atomic mass is 16.4. The van der Waals surface area contributed by atoms with E-state index in [1.54, 1.807) is 4.90 Å². The molecule has 1 aliphatic rings. The van der Waals surface area contributed by atoms with Gasteiger partial charge in [0.25, 0.3) is 0 Å². The van der Waals surface area contributed by atoms with E-state index in [4.69, 9.17) is 5.11 Å². The van der Waals surface area contributed by atoms with Gasteiger partial charge in [0.1, 0.15) is 0 Å². The Morgan fingerprint density at radius 3 is 2.30 bits per heavy atom. The molecule has 0 aromatic heterocycles. The molecule has 0 radical (unpaired) electrons. The minimum Gasteiger partial charge on any atom is -0.481 e. The average molecular weight is 285 g/mol. The molecule has 0 bridgehead atoms. The normalized spacial score (nSPS) is 15.6. The van der Waals surface area contributed by atoms with Crippen LogP contribution in [0, 0.1) is 11.8 Å². The van der Waals surface area contributed by atoms with Crippen molar-refractivity contribution in [2.45, 2.75) is 20.3 Å². The Balaban J connectivity index is 2.45. The van der Waals surface area contributed by atoms with Crippen LogP contribution >= 0.6 is 0 Å². The zero-order chi connectivity index (χ0) is 15.3. The van der Waals surface area contributed by atoms with Gasteiger partial charge in [0.15, 0.2) is 0 Å². The molecule has 0 aliphatic carbocycles. The van der Waals surface area contributed by atoms with Crippen LogP contribution in [0.25, 0.3) is 0 Å². The molecule has 6 heteroatoms. The van der Waals surface area contributed by atoms with Crippen molar-refractivity contribution in [2.75, 3.05) is 46.8 Å². The Hall–Kier alpha value is -1.30. The fourth-order valence-electron chi connectivity index (χ4n) is 2.33. The second-order valence-corrected chi connectivity index (χ2v) is 6.29. The third-order valence-electron chi connectivity index (χ3n) is 3.36. The van der Waals surface area contributed by atoms with E-state index in [0.29, 0.717) is 25.6 Å². The van der Waals surface area contributed by atoms with Crippen molar-refractivity contribution in [2.24, 2.45) is 11.8 Å². The molecule has 1 rings (SSSR count).